The molecule has 4 nitrogen and oxygen atoms in total. The normalized spacial score (nSPS) is 11.9. The molecule has 0 radical (unpaired) electrons. The summed E-state index contributed by atoms with van der Waals surface area (Å²) in [6, 6.07) is 0. The molecule has 6 heteroatoms. The fourth-order valence-corrected chi connectivity index (χ4v) is 0.874. The van der Waals surface area contributed by atoms with E-state index >= 15 is 0 Å². The van der Waals surface area contributed by atoms with Gasteiger partial charge in [-0.3, -0.25) is 0 Å². The van der Waals surface area contributed by atoms with Gasteiger partial charge in [0.15, 0.2) is 0 Å². The van der Waals surface area contributed by atoms with Crippen LogP contribution in [0.4, 0.5) is 0 Å². The van der Waals surface area contributed by atoms with E-state index in [4.69, 9.17) is 9.79 Å². The quantitative estimate of drug-likeness (QED) is 0.433. The maximum absolute atomic E-state index is 9.68. The second-order valence-electron chi connectivity index (χ2n) is 0.732. The van der Waals surface area contributed by atoms with Gasteiger partial charge in [-0.05, 0) is 0 Å². The van der Waals surface area contributed by atoms with Crippen LogP contribution in [0.15, 0.2) is 0 Å². The van der Waals surface area contributed by atoms with Crippen LogP contribution in [0.2, 0.25) is 0 Å². The van der Waals surface area contributed by atoms with Gasteiger partial charge in [-0.25, -0.2) is 8.54 Å². The molecule has 0 atom stereocenters. The third kappa shape index (κ3) is 6.46. The van der Waals surface area contributed by atoms with Crippen LogP contribution in [0, 0.1) is 0 Å². The highest BCUT2D eigenvalue weighted by molar-refractivity contribution is 7.97. The Kier molecular flexibility index (Phi) is 2.87. The fraction of sp³-hybridized carbons (Fsp3) is 1.00. The van der Waals surface area contributed by atoms with Gasteiger partial charge in [0.2, 0.25) is 0 Å². The minimum atomic E-state index is -4.20. The molecule has 0 rings (SSSR count). The highest BCUT2D eigenvalue weighted by atomic mass is 32.2. The summed E-state index contributed by atoms with van der Waals surface area (Å²) in [6.45, 7) is 0. The van der Waals surface area contributed by atoms with Crippen molar-refractivity contribution >= 4 is 19.9 Å². The lowest BCUT2D eigenvalue weighted by Gasteiger charge is -1.96. The largest absolute Gasteiger partial charge is 0.480 e. The zero-order valence-corrected chi connectivity index (χ0v) is 5.28. The smallest absolute Gasteiger partial charge is 0.302 e. The van der Waals surface area contributed by atoms with E-state index in [0.29, 0.717) is 12.0 Å². The van der Waals surface area contributed by atoms with Crippen LogP contribution in [0.3, 0.4) is 0 Å². The molecule has 0 heterocycles. The lowest BCUT2D eigenvalue weighted by molar-refractivity contribution is 0.299. The van der Waals surface area contributed by atoms with Crippen LogP contribution in [0.1, 0.15) is 0 Å². The van der Waals surface area contributed by atoms with Crippen molar-refractivity contribution in [3.8, 4) is 0 Å². The van der Waals surface area contributed by atoms with Crippen molar-refractivity contribution in [3.05, 3.63) is 0 Å². The van der Waals surface area contributed by atoms with Crippen LogP contribution in [0.25, 0.3) is 0 Å². The number of phosphoric acid groups is 1. The van der Waals surface area contributed by atoms with Gasteiger partial charge >= 0.3 is 7.82 Å². The molecule has 44 valence electrons. The molecule has 2 N–H and O–H groups in total. The van der Waals surface area contributed by atoms with Crippen LogP contribution < -0.4 is 0 Å². The Morgan fingerprint density at radius 2 is 2.14 bits per heavy atom. The van der Waals surface area contributed by atoms with Gasteiger partial charge in [0.25, 0.3) is 0 Å². The third-order valence-electron chi connectivity index (χ3n) is 0.172. The zero-order chi connectivity index (χ0) is 5.91. The van der Waals surface area contributed by atoms with Gasteiger partial charge in [-0.2, -0.15) is 0 Å². The van der Waals surface area contributed by atoms with E-state index in [1.165, 1.54) is 6.26 Å². The molecule has 0 amide bonds. The van der Waals surface area contributed by atoms with Crippen LogP contribution >= 0.6 is 19.9 Å². The van der Waals surface area contributed by atoms with Crippen LogP contribution in [0.5, 0.6) is 0 Å². The lowest BCUT2D eigenvalue weighted by atomic mass is 12.0. The topological polar surface area (TPSA) is 66.8 Å². The van der Waals surface area contributed by atoms with E-state index in [-0.39, 0.29) is 0 Å². The molecule has 0 aliphatic rings. The molecule has 0 aliphatic carbocycles. The minimum absolute atomic E-state index is 0.645. The summed E-state index contributed by atoms with van der Waals surface area (Å²) < 4.78 is 13.5. The van der Waals surface area contributed by atoms with E-state index in [1.54, 1.807) is 0 Å². The van der Waals surface area contributed by atoms with Crippen LogP contribution in [-0.4, -0.2) is 16.0 Å². The molecule has 0 aromatic rings. The van der Waals surface area contributed by atoms with Gasteiger partial charge < -0.3 is 9.79 Å². The van der Waals surface area contributed by atoms with Crippen LogP contribution in [-0.2, 0) is 8.54 Å². The summed E-state index contributed by atoms with van der Waals surface area (Å²) in [5, 5.41) is 0. The average Bonchev–Trinajstić information content (AvgIpc) is 1.30. The van der Waals surface area contributed by atoms with Gasteiger partial charge in [0, 0.05) is 18.3 Å². The summed E-state index contributed by atoms with van der Waals surface area (Å²) in [6.07, 6.45) is 1.43. The molecule has 0 saturated carbocycles. The first-order valence-electron chi connectivity index (χ1n) is 1.34. The maximum atomic E-state index is 9.68. The maximum Gasteiger partial charge on any atom is 0.480 e. The Balaban J connectivity index is 3.36. The molecule has 0 bridgehead atoms. The Labute approximate surface area is 45.3 Å². The molecular weight excluding hydrogens is 139 g/mol. The Morgan fingerprint density at radius 1 is 1.71 bits per heavy atom. The first-order valence-corrected chi connectivity index (χ1v) is 4.02. The number of rotatable bonds is 2. The SMILES string of the molecule is CSOP(=O)(O)O. The third-order valence-corrected chi connectivity index (χ3v) is 1.54. The monoisotopic (exact) mass is 144 g/mol. The highest BCUT2D eigenvalue weighted by Crippen LogP contribution is 2.39. The summed E-state index contributed by atoms with van der Waals surface area (Å²) in [7, 11) is -4.20. The molecule has 7 heavy (non-hydrogen) atoms. The molecule has 0 aliphatic heterocycles. The summed E-state index contributed by atoms with van der Waals surface area (Å²) in [5.41, 5.74) is 0. The number of hydrogen-bond donors (Lipinski definition) is 2. The highest BCUT2D eigenvalue weighted by Gasteiger charge is 2.11. The van der Waals surface area contributed by atoms with Crippen molar-refractivity contribution in [1.82, 2.24) is 0 Å². The zero-order valence-electron chi connectivity index (χ0n) is 3.57. The Morgan fingerprint density at radius 3 is 2.14 bits per heavy atom. The predicted molar refractivity (Wildman–Crippen MR) is 26.6 cm³/mol. The van der Waals surface area contributed by atoms with E-state index in [1.807, 2.05) is 0 Å². The first-order chi connectivity index (χ1) is 3.06. The van der Waals surface area contributed by atoms with Crippen molar-refractivity contribution in [1.29, 1.82) is 0 Å². The van der Waals surface area contributed by atoms with E-state index in [2.05, 4.69) is 3.97 Å². The molecule has 0 aromatic carbocycles. The molecule has 0 spiro atoms. The predicted octanol–water partition coefficient (Wildman–Crippen LogP) is 0.374. The first kappa shape index (κ1) is 7.46. The fourth-order valence-electron chi connectivity index (χ4n) is 0.0971. The molecular formula is CH5O4PS. The molecule has 0 unspecified atom stereocenters. The standard InChI is InChI=1S/CH5O4PS/c1-7-5-6(2,3)4/h1H3,(H2,2,3,4). The van der Waals surface area contributed by atoms with Gasteiger partial charge in [-0.15, -0.1) is 0 Å². The second-order valence-corrected chi connectivity index (χ2v) is 2.64. The minimum Gasteiger partial charge on any atom is -0.302 e. The summed E-state index contributed by atoms with van der Waals surface area (Å²) >= 11 is 0.645. The lowest BCUT2D eigenvalue weighted by Crippen LogP contribution is -1.74. The van der Waals surface area contributed by atoms with Gasteiger partial charge in [-0.1, -0.05) is 0 Å². The summed E-state index contributed by atoms with van der Waals surface area (Å²) in [4.78, 5) is 15.8. The molecule has 0 saturated heterocycles. The van der Waals surface area contributed by atoms with Crippen molar-refractivity contribution in [2.24, 2.45) is 0 Å². The number of hydrogen-bond acceptors (Lipinski definition) is 3. The Bertz CT molecular complexity index is 85.7. The van der Waals surface area contributed by atoms with E-state index in [0.717, 1.165) is 0 Å². The van der Waals surface area contributed by atoms with Gasteiger partial charge in [0.05, 0.1) is 0 Å². The molecule has 0 aromatic heterocycles. The van der Waals surface area contributed by atoms with Crippen molar-refractivity contribution in [2.45, 2.75) is 0 Å². The van der Waals surface area contributed by atoms with Crippen molar-refractivity contribution in [3.63, 3.8) is 0 Å². The summed E-state index contributed by atoms with van der Waals surface area (Å²) in [5.74, 6) is 0. The van der Waals surface area contributed by atoms with E-state index in [9.17, 15) is 4.57 Å². The molecule has 0 fully saturated rings. The van der Waals surface area contributed by atoms with Crippen molar-refractivity contribution in [2.75, 3.05) is 6.26 Å². The Hall–Kier alpha value is 0.460. The van der Waals surface area contributed by atoms with E-state index < -0.39 is 7.82 Å². The second kappa shape index (κ2) is 2.69. The van der Waals surface area contributed by atoms with Gasteiger partial charge in [0.1, 0.15) is 0 Å². The van der Waals surface area contributed by atoms with Crippen molar-refractivity contribution < 1.29 is 18.3 Å². The average molecular weight is 144 g/mol.